The summed E-state index contributed by atoms with van der Waals surface area (Å²) in [4.78, 5) is 2.39. The average Bonchev–Trinajstić information content (AvgIpc) is 2.91. The summed E-state index contributed by atoms with van der Waals surface area (Å²) < 4.78 is 29.2. The summed E-state index contributed by atoms with van der Waals surface area (Å²) >= 11 is 6.44. The third-order valence-electron chi connectivity index (χ3n) is 7.69. The number of aryl methyl sites for hydroxylation is 1. The Balaban J connectivity index is 1.34. The van der Waals surface area contributed by atoms with Gasteiger partial charge in [-0.3, -0.25) is 4.90 Å². The molecular weight excluding hydrogens is 488 g/mol. The Morgan fingerprint density at radius 2 is 1.61 bits per heavy atom. The first-order valence-electron chi connectivity index (χ1n) is 13.1. The molecule has 1 aliphatic heterocycles. The summed E-state index contributed by atoms with van der Waals surface area (Å²) in [5.74, 6) is 0. The van der Waals surface area contributed by atoms with Crippen molar-refractivity contribution in [3.8, 4) is 11.1 Å². The normalized spacial score (nSPS) is 20.4. The van der Waals surface area contributed by atoms with Crippen molar-refractivity contribution in [1.29, 1.82) is 0 Å². The minimum Gasteiger partial charge on any atom is -0.296 e. The number of hydrogen-bond acceptors (Lipinski definition) is 3. The van der Waals surface area contributed by atoms with Crippen molar-refractivity contribution in [2.75, 3.05) is 19.6 Å². The zero-order valence-electron chi connectivity index (χ0n) is 20.9. The number of hydrogen-bond donors (Lipinski definition) is 0. The number of piperazine rings is 1. The van der Waals surface area contributed by atoms with Gasteiger partial charge in [0.25, 0.3) is 0 Å². The molecule has 1 atom stereocenters. The highest BCUT2D eigenvalue weighted by molar-refractivity contribution is 7.89. The zero-order valence-corrected chi connectivity index (χ0v) is 22.5. The van der Waals surface area contributed by atoms with E-state index < -0.39 is 10.0 Å². The molecule has 1 aliphatic carbocycles. The largest absolute Gasteiger partial charge is 0.296 e. The van der Waals surface area contributed by atoms with Crippen LogP contribution in [0.5, 0.6) is 0 Å². The fourth-order valence-electron chi connectivity index (χ4n) is 5.68. The topological polar surface area (TPSA) is 40.6 Å². The molecule has 0 aromatic heterocycles. The van der Waals surface area contributed by atoms with Crippen molar-refractivity contribution in [3.05, 3.63) is 94.5 Å². The SMILES string of the molecule is Cc1ccc(Cl)c(-c2ccc(CN3CCN(S(=O)(=O)C4CCCCC4)C(c4ccccc4)C3)cc2)c1. The van der Waals surface area contributed by atoms with Gasteiger partial charge < -0.3 is 0 Å². The van der Waals surface area contributed by atoms with Gasteiger partial charge in [-0.2, -0.15) is 4.31 Å². The van der Waals surface area contributed by atoms with Crippen molar-refractivity contribution >= 4 is 21.6 Å². The standard InChI is InChI=1S/C30H35ClN2O2S/c1-23-12-17-29(31)28(20-23)25-15-13-24(14-16-25)21-32-18-19-33(30(22-32)26-8-4-2-5-9-26)36(34,35)27-10-6-3-7-11-27/h2,4-5,8-9,12-17,20,27,30H,3,6-7,10-11,18-19,21-22H2,1H3. The number of rotatable bonds is 6. The molecule has 0 bridgehead atoms. The predicted octanol–water partition coefficient (Wildman–Crippen LogP) is 6.84. The lowest BCUT2D eigenvalue weighted by Crippen LogP contribution is -2.52. The Kier molecular flexibility index (Phi) is 7.82. The third kappa shape index (κ3) is 5.55. The number of sulfonamides is 1. The molecule has 1 saturated carbocycles. The van der Waals surface area contributed by atoms with Gasteiger partial charge in [0, 0.05) is 36.8 Å². The Labute approximate surface area is 220 Å². The predicted molar refractivity (Wildman–Crippen MR) is 149 cm³/mol. The molecule has 190 valence electrons. The van der Waals surface area contributed by atoms with Gasteiger partial charge >= 0.3 is 0 Å². The van der Waals surface area contributed by atoms with Crippen molar-refractivity contribution in [2.24, 2.45) is 0 Å². The number of benzene rings is 3. The summed E-state index contributed by atoms with van der Waals surface area (Å²) in [6, 6.07) is 24.7. The van der Waals surface area contributed by atoms with E-state index in [2.05, 4.69) is 54.3 Å². The first-order chi connectivity index (χ1) is 17.4. The number of halogens is 1. The maximum atomic E-state index is 13.7. The summed E-state index contributed by atoms with van der Waals surface area (Å²) in [6.45, 7) is 4.84. The molecule has 0 spiro atoms. The fourth-order valence-corrected chi connectivity index (χ4v) is 8.10. The Hall–Kier alpha value is -2.18. The Morgan fingerprint density at radius 3 is 2.33 bits per heavy atom. The summed E-state index contributed by atoms with van der Waals surface area (Å²) in [5.41, 5.74) is 5.64. The molecule has 2 fully saturated rings. The van der Waals surface area contributed by atoms with Crippen molar-refractivity contribution in [2.45, 2.75) is 56.9 Å². The molecule has 0 amide bonds. The molecule has 6 heteroatoms. The first-order valence-corrected chi connectivity index (χ1v) is 14.9. The molecule has 5 rings (SSSR count). The van der Waals surface area contributed by atoms with E-state index in [1.54, 1.807) is 0 Å². The molecule has 0 N–H and O–H groups in total. The molecule has 3 aromatic carbocycles. The highest BCUT2D eigenvalue weighted by Crippen LogP contribution is 2.35. The maximum absolute atomic E-state index is 13.7. The second-order valence-corrected chi connectivity index (χ2v) is 12.8. The van der Waals surface area contributed by atoms with Crippen LogP contribution in [0.4, 0.5) is 0 Å². The van der Waals surface area contributed by atoms with Gasteiger partial charge in [-0.1, -0.05) is 97.1 Å². The molecule has 1 saturated heterocycles. The van der Waals surface area contributed by atoms with Crippen molar-refractivity contribution in [1.82, 2.24) is 9.21 Å². The Morgan fingerprint density at radius 1 is 0.889 bits per heavy atom. The van der Waals surface area contributed by atoms with Gasteiger partial charge in [-0.15, -0.1) is 0 Å². The summed E-state index contributed by atoms with van der Waals surface area (Å²) in [7, 11) is -3.33. The van der Waals surface area contributed by atoms with Crippen molar-refractivity contribution in [3.63, 3.8) is 0 Å². The lowest BCUT2D eigenvalue weighted by molar-refractivity contribution is 0.128. The van der Waals surface area contributed by atoms with E-state index in [9.17, 15) is 8.42 Å². The van der Waals surface area contributed by atoms with Crippen LogP contribution in [0.3, 0.4) is 0 Å². The van der Waals surface area contributed by atoms with Gasteiger partial charge in [0.15, 0.2) is 0 Å². The summed E-state index contributed by atoms with van der Waals surface area (Å²) in [6.07, 6.45) is 4.77. The van der Waals surface area contributed by atoms with E-state index in [1.165, 1.54) is 11.1 Å². The molecule has 4 nitrogen and oxygen atoms in total. The summed E-state index contributed by atoms with van der Waals surface area (Å²) in [5, 5.41) is 0.527. The second kappa shape index (κ2) is 11.1. The first kappa shape index (κ1) is 25.5. The van der Waals surface area contributed by atoms with Gasteiger partial charge in [0.2, 0.25) is 10.0 Å². The van der Waals surface area contributed by atoms with Gasteiger partial charge in [-0.05, 0) is 48.6 Å². The van der Waals surface area contributed by atoms with E-state index in [-0.39, 0.29) is 11.3 Å². The zero-order chi connectivity index (χ0) is 25.1. The minimum atomic E-state index is -3.33. The van der Waals surface area contributed by atoms with Crippen LogP contribution in [0.25, 0.3) is 11.1 Å². The van der Waals surface area contributed by atoms with Crippen molar-refractivity contribution < 1.29 is 8.42 Å². The van der Waals surface area contributed by atoms with E-state index >= 15 is 0 Å². The van der Waals surface area contributed by atoms with Crippen LogP contribution < -0.4 is 0 Å². The fraction of sp³-hybridized carbons (Fsp3) is 0.400. The maximum Gasteiger partial charge on any atom is 0.217 e. The monoisotopic (exact) mass is 522 g/mol. The number of nitrogens with zero attached hydrogens (tertiary/aromatic N) is 2. The molecule has 1 unspecified atom stereocenters. The molecule has 3 aromatic rings. The molecule has 36 heavy (non-hydrogen) atoms. The van der Waals surface area contributed by atoms with Crippen LogP contribution >= 0.6 is 11.6 Å². The van der Waals surface area contributed by atoms with Gasteiger partial charge in [0.05, 0.1) is 11.3 Å². The Bertz CT molecular complexity index is 1270. The highest BCUT2D eigenvalue weighted by atomic mass is 35.5. The lowest BCUT2D eigenvalue weighted by atomic mass is 10.0. The molecule has 2 aliphatic rings. The quantitative estimate of drug-likeness (QED) is 0.356. The third-order valence-corrected chi connectivity index (χ3v) is 10.4. The smallest absolute Gasteiger partial charge is 0.217 e. The van der Waals surface area contributed by atoms with Gasteiger partial charge in [-0.25, -0.2) is 8.42 Å². The molecule has 0 radical (unpaired) electrons. The second-order valence-electron chi connectivity index (χ2n) is 10.3. The van der Waals surface area contributed by atoms with Gasteiger partial charge in [0.1, 0.15) is 0 Å². The van der Waals surface area contributed by atoms with Crippen LogP contribution in [0.2, 0.25) is 5.02 Å². The highest BCUT2D eigenvalue weighted by Gasteiger charge is 2.40. The van der Waals surface area contributed by atoms with Crippen LogP contribution in [-0.2, 0) is 16.6 Å². The van der Waals surface area contributed by atoms with E-state index in [4.69, 9.17) is 11.6 Å². The minimum absolute atomic E-state index is 0.155. The molecular formula is C30H35ClN2O2S. The van der Waals surface area contributed by atoms with Crippen LogP contribution in [-0.4, -0.2) is 42.5 Å². The van der Waals surface area contributed by atoms with E-state index in [1.807, 2.05) is 34.6 Å². The van der Waals surface area contributed by atoms with Crippen LogP contribution in [0.1, 0.15) is 54.8 Å². The molecule has 1 heterocycles. The van der Waals surface area contributed by atoms with E-state index in [0.717, 1.165) is 66.9 Å². The lowest BCUT2D eigenvalue weighted by Gasteiger charge is -2.42. The average molecular weight is 523 g/mol. The van der Waals surface area contributed by atoms with Crippen LogP contribution in [0, 0.1) is 6.92 Å². The van der Waals surface area contributed by atoms with E-state index in [0.29, 0.717) is 13.1 Å². The van der Waals surface area contributed by atoms with Crippen LogP contribution in [0.15, 0.2) is 72.8 Å².